The lowest BCUT2D eigenvalue weighted by Crippen LogP contribution is -2.42. The van der Waals surface area contributed by atoms with Crippen LogP contribution in [0.4, 0.5) is 19.4 Å². The van der Waals surface area contributed by atoms with E-state index < -0.39 is 29.8 Å². The SMILES string of the molecule is COCCN1C[C@@H](NC(=O)Nc2c(C)c(-c3cnc4c(c3)OCCO4)nn2-c2ccccc2)[C@H](c2ccc(F)c(F)c2)O1. The van der Waals surface area contributed by atoms with Crippen LogP contribution < -0.4 is 20.1 Å². The second kappa shape index (κ2) is 12.3. The molecule has 13 heteroatoms. The summed E-state index contributed by atoms with van der Waals surface area (Å²) in [6.07, 6.45) is 0.899. The lowest BCUT2D eigenvalue weighted by atomic mass is 10.0. The van der Waals surface area contributed by atoms with Crippen LogP contribution in [0.15, 0.2) is 60.8 Å². The van der Waals surface area contributed by atoms with Gasteiger partial charge in [0, 0.05) is 37.5 Å². The Hall–Kier alpha value is -4.59. The van der Waals surface area contributed by atoms with Crippen molar-refractivity contribution in [2.24, 2.45) is 0 Å². The minimum atomic E-state index is -0.997. The van der Waals surface area contributed by atoms with Crippen molar-refractivity contribution in [3.63, 3.8) is 0 Å². The fraction of sp³-hybridized carbons (Fsp3) is 0.300. The van der Waals surface area contributed by atoms with E-state index in [0.29, 0.717) is 72.7 Å². The topological polar surface area (TPSA) is 112 Å². The van der Waals surface area contributed by atoms with Crippen LogP contribution in [0.25, 0.3) is 16.9 Å². The summed E-state index contributed by atoms with van der Waals surface area (Å²) in [7, 11) is 1.57. The molecule has 2 atom stereocenters. The van der Waals surface area contributed by atoms with Gasteiger partial charge in [-0.1, -0.05) is 24.3 Å². The second-order valence-corrected chi connectivity index (χ2v) is 10.1. The molecule has 43 heavy (non-hydrogen) atoms. The summed E-state index contributed by atoms with van der Waals surface area (Å²) in [6.45, 7) is 3.80. The average molecular weight is 593 g/mol. The second-order valence-electron chi connectivity index (χ2n) is 10.1. The summed E-state index contributed by atoms with van der Waals surface area (Å²) >= 11 is 0. The maximum absolute atomic E-state index is 14.1. The van der Waals surface area contributed by atoms with E-state index in [4.69, 9.17) is 24.1 Å². The highest BCUT2D eigenvalue weighted by Crippen LogP contribution is 2.36. The summed E-state index contributed by atoms with van der Waals surface area (Å²) in [5, 5.41) is 12.4. The van der Waals surface area contributed by atoms with Gasteiger partial charge in [0.2, 0.25) is 0 Å². The number of halogens is 2. The predicted octanol–water partition coefficient (Wildman–Crippen LogP) is 4.42. The molecular weight excluding hydrogens is 562 g/mol. The van der Waals surface area contributed by atoms with Crippen LogP contribution in [0.1, 0.15) is 17.2 Å². The fourth-order valence-corrected chi connectivity index (χ4v) is 5.08. The molecule has 0 saturated carbocycles. The minimum absolute atomic E-state index is 0.297. The molecular formula is C30H30F2N6O5. The van der Waals surface area contributed by atoms with Gasteiger partial charge in [-0.3, -0.25) is 10.2 Å². The highest BCUT2D eigenvalue weighted by Gasteiger charge is 2.37. The van der Waals surface area contributed by atoms with Gasteiger partial charge >= 0.3 is 6.03 Å². The van der Waals surface area contributed by atoms with E-state index in [1.165, 1.54) is 6.07 Å². The molecule has 0 unspecified atom stereocenters. The Morgan fingerprint density at radius 2 is 1.91 bits per heavy atom. The number of carbonyl (C=O) groups excluding carboxylic acids is 1. The summed E-state index contributed by atoms with van der Waals surface area (Å²) < 4.78 is 45.8. The van der Waals surface area contributed by atoms with E-state index in [0.717, 1.165) is 17.8 Å². The van der Waals surface area contributed by atoms with Crippen LogP contribution >= 0.6 is 0 Å². The summed E-state index contributed by atoms with van der Waals surface area (Å²) in [5.74, 6) is -0.584. The first-order valence-corrected chi connectivity index (χ1v) is 13.8. The smallest absolute Gasteiger partial charge is 0.320 e. The number of carbonyl (C=O) groups is 1. The van der Waals surface area contributed by atoms with Crippen molar-refractivity contribution < 1.29 is 32.6 Å². The standard InChI is InChI=1S/C30H30F2N6O5/c1-18-26(20-15-25-29(33-16-20)42-13-12-41-25)36-38(21-6-4-3-5-7-21)28(18)35-30(39)34-24-17-37(10-11-40-2)43-27(24)19-8-9-22(31)23(32)14-19/h3-9,14-16,24,27H,10-13,17H2,1-2H3,(H2,34,35,39)/t24-,27+/m1/s1. The number of rotatable bonds is 8. The minimum Gasteiger partial charge on any atom is -0.484 e. The normalized spacial score (nSPS) is 18.0. The third-order valence-corrected chi connectivity index (χ3v) is 7.19. The van der Waals surface area contributed by atoms with Crippen molar-refractivity contribution in [3.05, 3.63) is 83.6 Å². The molecule has 0 aliphatic carbocycles. The molecule has 2 N–H and O–H groups in total. The van der Waals surface area contributed by atoms with Crippen molar-refractivity contribution >= 4 is 11.8 Å². The molecule has 2 aromatic heterocycles. The number of hydrogen-bond donors (Lipinski definition) is 2. The van der Waals surface area contributed by atoms with Gasteiger partial charge in [0.15, 0.2) is 17.4 Å². The van der Waals surface area contributed by atoms with E-state index >= 15 is 0 Å². The number of hydrogen-bond acceptors (Lipinski definition) is 8. The number of aromatic nitrogens is 3. The third kappa shape index (κ3) is 6.00. The van der Waals surface area contributed by atoms with Crippen LogP contribution in [0, 0.1) is 18.6 Å². The molecule has 4 aromatic rings. The van der Waals surface area contributed by atoms with Crippen LogP contribution in [0.3, 0.4) is 0 Å². The zero-order valence-electron chi connectivity index (χ0n) is 23.5. The van der Waals surface area contributed by atoms with E-state index in [-0.39, 0.29) is 0 Å². The van der Waals surface area contributed by atoms with Gasteiger partial charge in [-0.2, -0.15) is 10.2 Å². The Kier molecular flexibility index (Phi) is 8.18. The van der Waals surface area contributed by atoms with Crippen molar-refractivity contribution in [2.75, 3.05) is 45.3 Å². The molecule has 0 radical (unpaired) electrons. The van der Waals surface area contributed by atoms with Gasteiger partial charge in [-0.25, -0.2) is 23.2 Å². The molecule has 2 amide bonds. The van der Waals surface area contributed by atoms with Crippen LogP contribution in [-0.2, 0) is 9.57 Å². The molecule has 11 nitrogen and oxygen atoms in total. The van der Waals surface area contributed by atoms with Crippen molar-refractivity contribution in [1.82, 2.24) is 25.1 Å². The monoisotopic (exact) mass is 592 g/mol. The Bertz CT molecular complexity index is 1620. The molecule has 1 saturated heterocycles. The molecule has 2 aliphatic heterocycles. The Morgan fingerprint density at radius 3 is 2.70 bits per heavy atom. The molecule has 1 fully saturated rings. The Labute approximate surface area is 246 Å². The lowest BCUT2D eigenvalue weighted by Gasteiger charge is -2.20. The lowest BCUT2D eigenvalue weighted by molar-refractivity contribution is -0.154. The number of pyridine rings is 1. The summed E-state index contributed by atoms with van der Waals surface area (Å²) in [6, 6.07) is 13.6. The van der Waals surface area contributed by atoms with Crippen molar-refractivity contribution in [1.29, 1.82) is 0 Å². The number of amides is 2. The quantitative estimate of drug-likeness (QED) is 0.310. The van der Waals surface area contributed by atoms with Gasteiger partial charge < -0.3 is 19.5 Å². The number of para-hydroxylation sites is 1. The van der Waals surface area contributed by atoms with Crippen LogP contribution in [-0.4, -0.2) is 71.9 Å². The number of methoxy groups -OCH3 is 1. The van der Waals surface area contributed by atoms with Gasteiger partial charge in [-0.15, -0.1) is 0 Å². The van der Waals surface area contributed by atoms with Gasteiger partial charge in [-0.05, 0) is 42.8 Å². The van der Waals surface area contributed by atoms with Crippen LogP contribution in [0.2, 0.25) is 0 Å². The molecule has 224 valence electrons. The molecule has 2 aromatic carbocycles. The van der Waals surface area contributed by atoms with Crippen molar-refractivity contribution in [3.8, 4) is 28.6 Å². The number of hydroxylamine groups is 2. The zero-order chi connectivity index (χ0) is 29.9. The maximum Gasteiger partial charge on any atom is 0.320 e. The maximum atomic E-state index is 14.1. The van der Waals surface area contributed by atoms with E-state index in [1.807, 2.05) is 43.3 Å². The van der Waals surface area contributed by atoms with E-state index in [1.54, 1.807) is 23.1 Å². The van der Waals surface area contributed by atoms with Crippen LogP contribution in [0.5, 0.6) is 11.6 Å². The van der Waals surface area contributed by atoms with Gasteiger partial charge in [0.05, 0.1) is 24.0 Å². The van der Waals surface area contributed by atoms with Crippen molar-refractivity contribution in [2.45, 2.75) is 19.1 Å². The number of fused-ring (bicyclic) bond motifs is 1. The average Bonchev–Trinajstić information content (AvgIpc) is 3.57. The van der Waals surface area contributed by atoms with E-state index in [9.17, 15) is 13.6 Å². The highest BCUT2D eigenvalue weighted by molar-refractivity contribution is 5.91. The Morgan fingerprint density at radius 1 is 1.09 bits per heavy atom. The number of nitrogens with one attached hydrogen (secondary N) is 2. The number of anilines is 1. The highest BCUT2D eigenvalue weighted by atomic mass is 19.2. The first-order valence-electron chi connectivity index (χ1n) is 13.8. The molecule has 0 bridgehead atoms. The predicted molar refractivity (Wildman–Crippen MR) is 152 cm³/mol. The molecule has 4 heterocycles. The number of ether oxygens (including phenoxy) is 3. The van der Waals surface area contributed by atoms with E-state index in [2.05, 4.69) is 15.6 Å². The third-order valence-electron chi connectivity index (χ3n) is 7.19. The molecule has 6 rings (SSSR count). The Balaban J connectivity index is 1.29. The summed E-state index contributed by atoms with van der Waals surface area (Å²) in [4.78, 5) is 23.9. The van der Waals surface area contributed by atoms with Gasteiger partial charge in [0.1, 0.15) is 25.1 Å². The molecule has 2 aliphatic rings. The molecule has 0 spiro atoms. The summed E-state index contributed by atoms with van der Waals surface area (Å²) in [5.41, 5.74) is 3.10. The number of urea groups is 1. The zero-order valence-corrected chi connectivity index (χ0v) is 23.5. The number of nitrogens with zero attached hydrogens (tertiary/aromatic N) is 4. The first kappa shape index (κ1) is 28.5. The number of benzene rings is 2. The van der Waals surface area contributed by atoms with Gasteiger partial charge in [0.25, 0.3) is 5.88 Å². The fourth-order valence-electron chi connectivity index (χ4n) is 5.08. The first-order chi connectivity index (χ1) is 20.9. The largest absolute Gasteiger partial charge is 0.484 e.